The Hall–Kier alpha value is -1.03. The van der Waals surface area contributed by atoms with Crippen molar-refractivity contribution < 1.29 is 4.74 Å². The molecule has 0 saturated carbocycles. The Morgan fingerprint density at radius 1 is 1.24 bits per heavy atom. The topological polar surface area (TPSA) is 35.2 Å². The minimum atomic E-state index is -0.0484. The average molecular weight is 266 g/mol. The van der Waals surface area contributed by atoms with Gasteiger partial charge in [-0.1, -0.05) is 23.7 Å². The third kappa shape index (κ3) is 1.75. The number of halogens is 1. The van der Waals surface area contributed by atoms with Crippen LogP contribution in [0.25, 0.3) is 0 Å². The number of nitrogen functional groups attached to an aromatic ring is 1. The number of hydrogen-bond donors (Lipinski definition) is 1. The van der Waals surface area contributed by atoms with Crippen LogP contribution in [-0.2, 0) is 10.2 Å². The van der Waals surface area contributed by atoms with Crippen molar-refractivity contribution >= 4 is 28.6 Å². The van der Waals surface area contributed by atoms with Crippen LogP contribution in [0.15, 0.2) is 36.4 Å². The van der Waals surface area contributed by atoms with Gasteiger partial charge in [-0.2, -0.15) is 0 Å². The molecular formula is C13H12ClNOS. The second-order valence-corrected chi connectivity index (χ2v) is 6.02. The molecule has 2 nitrogen and oxygen atoms in total. The Morgan fingerprint density at radius 2 is 2.06 bits per heavy atom. The number of thiophene rings is 1. The molecule has 0 spiro atoms. The van der Waals surface area contributed by atoms with E-state index in [1.165, 1.54) is 10.4 Å². The van der Waals surface area contributed by atoms with E-state index in [4.69, 9.17) is 22.1 Å². The second-order valence-electron chi connectivity index (χ2n) is 4.30. The van der Waals surface area contributed by atoms with Crippen LogP contribution in [0.4, 0.5) is 5.69 Å². The van der Waals surface area contributed by atoms with Crippen molar-refractivity contribution in [3.63, 3.8) is 0 Å². The van der Waals surface area contributed by atoms with Crippen molar-refractivity contribution in [3.8, 4) is 0 Å². The Kier molecular flexibility index (Phi) is 2.62. The van der Waals surface area contributed by atoms with Gasteiger partial charge in [-0.15, -0.1) is 11.3 Å². The molecule has 2 aromatic rings. The molecule has 2 heterocycles. The zero-order valence-electron chi connectivity index (χ0n) is 9.15. The number of benzene rings is 1. The second kappa shape index (κ2) is 4.02. The van der Waals surface area contributed by atoms with Gasteiger partial charge in [0.25, 0.3) is 0 Å². The fourth-order valence-corrected chi connectivity index (χ4v) is 3.39. The number of ether oxygens (including phenoxy) is 1. The normalized spacial score (nSPS) is 17.7. The lowest BCUT2D eigenvalue weighted by atomic mass is 9.77. The van der Waals surface area contributed by atoms with Crippen LogP contribution in [0.2, 0.25) is 4.34 Å². The van der Waals surface area contributed by atoms with Crippen molar-refractivity contribution in [2.45, 2.75) is 5.41 Å². The van der Waals surface area contributed by atoms with Gasteiger partial charge < -0.3 is 10.5 Å². The highest BCUT2D eigenvalue weighted by Crippen LogP contribution is 2.43. The molecule has 0 radical (unpaired) electrons. The largest absolute Gasteiger partial charge is 0.399 e. The quantitative estimate of drug-likeness (QED) is 0.846. The van der Waals surface area contributed by atoms with Crippen LogP contribution in [0.1, 0.15) is 10.4 Å². The summed E-state index contributed by atoms with van der Waals surface area (Å²) in [6.07, 6.45) is 0. The molecule has 2 N–H and O–H groups in total. The standard InChI is InChI=1S/C13H12ClNOS/c14-12-5-4-11(17-12)13(7-16-8-13)9-2-1-3-10(15)6-9/h1-6H,7-8,15H2. The molecule has 17 heavy (non-hydrogen) atoms. The van der Waals surface area contributed by atoms with Crippen LogP contribution in [0.3, 0.4) is 0 Å². The summed E-state index contributed by atoms with van der Waals surface area (Å²) in [4.78, 5) is 1.25. The molecule has 88 valence electrons. The summed E-state index contributed by atoms with van der Waals surface area (Å²) in [5.41, 5.74) is 7.80. The molecule has 4 heteroatoms. The van der Waals surface area contributed by atoms with E-state index in [2.05, 4.69) is 12.1 Å². The number of hydrogen-bond acceptors (Lipinski definition) is 3. The summed E-state index contributed by atoms with van der Waals surface area (Å²) in [5.74, 6) is 0. The molecule has 1 fully saturated rings. The molecule has 1 aromatic carbocycles. The highest BCUT2D eigenvalue weighted by atomic mass is 35.5. The summed E-state index contributed by atoms with van der Waals surface area (Å²) in [6, 6.07) is 12.0. The van der Waals surface area contributed by atoms with Gasteiger partial charge in [0, 0.05) is 10.6 Å². The maximum absolute atomic E-state index is 6.02. The molecular weight excluding hydrogens is 254 g/mol. The highest BCUT2D eigenvalue weighted by molar-refractivity contribution is 7.16. The third-order valence-electron chi connectivity index (χ3n) is 3.18. The smallest absolute Gasteiger partial charge is 0.0931 e. The van der Waals surface area contributed by atoms with Gasteiger partial charge >= 0.3 is 0 Å². The summed E-state index contributed by atoms with van der Waals surface area (Å²) < 4.78 is 6.23. The lowest BCUT2D eigenvalue weighted by molar-refractivity contribution is -0.0362. The zero-order chi connectivity index (χ0) is 11.9. The van der Waals surface area contributed by atoms with Crippen molar-refractivity contribution in [2.75, 3.05) is 18.9 Å². The predicted octanol–water partition coefficient (Wildman–Crippen LogP) is 3.30. The summed E-state index contributed by atoms with van der Waals surface area (Å²) in [5, 5.41) is 0. The average Bonchev–Trinajstić information content (AvgIpc) is 2.64. The van der Waals surface area contributed by atoms with Gasteiger partial charge in [0.1, 0.15) is 0 Å². The van der Waals surface area contributed by atoms with E-state index in [9.17, 15) is 0 Å². The van der Waals surface area contributed by atoms with Crippen LogP contribution < -0.4 is 5.73 Å². The van der Waals surface area contributed by atoms with E-state index in [0.29, 0.717) is 13.2 Å². The van der Waals surface area contributed by atoms with Gasteiger partial charge in [-0.25, -0.2) is 0 Å². The number of nitrogens with two attached hydrogens (primary N) is 1. The van der Waals surface area contributed by atoms with Gasteiger partial charge in [0.15, 0.2) is 0 Å². The minimum absolute atomic E-state index is 0.0484. The van der Waals surface area contributed by atoms with Crippen molar-refractivity contribution in [3.05, 3.63) is 51.2 Å². The summed E-state index contributed by atoms with van der Waals surface area (Å²) in [7, 11) is 0. The summed E-state index contributed by atoms with van der Waals surface area (Å²) in [6.45, 7) is 1.40. The monoisotopic (exact) mass is 265 g/mol. The minimum Gasteiger partial charge on any atom is -0.399 e. The van der Waals surface area contributed by atoms with Crippen molar-refractivity contribution in [1.82, 2.24) is 0 Å². The zero-order valence-corrected chi connectivity index (χ0v) is 10.7. The lowest BCUT2D eigenvalue weighted by Gasteiger charge is -2.41. The molecule has 1 aromatic heterocycles. The Morgan fingerprint density at radius 3 is 2.59 bits per heavy atom. The molecule has 0 amide bonds. The fourth-order valence-electron chi connectivity index (χ4n) is 2.17. The Balaban J connectivity index is 2.08. The molecule has 0 bridgehead atoms. The Labute approximate surface area is 109 Å². The molecule has 1 aliphatic heterocycles. The Bertz CT molecular complexity index is 548. The third-order valence-corrected chi connectivity index (χ3v) is 4.62. The van der Waals surface area contributed by atoms with Crippen molar-refractivity contribution in [1.29, 1.82) is 0 Å². The first kappa shape index (κ1) is 11.1. The van der Waals surface area contributed by atoms with Gasteiger partial charge in [-0.3, -0.25) is 0 Å². The van der Waals surface area contributed by atoms with Crippen LogP contribution in [-0.4, -0.2) is 13.2 Å². The van der Waals surface area contributed by atoms with Crippen LogP contribution >= 0.6 is 22.9 Å². The lowest BCUT2D eigenvalue weighted by Crippen LogP contribution is -2.47. The van der Waals surface area contributed by atoms with Crippen molar-refractivity contribution in [2.24, 2.45) is 0 Å². The van der Waals surface area contributed by atoms with Gasteiger partial charge in [0.05, 0.1) is 23.0 Å². The molecule has 0 atom stereocenters. The van der Waals surface area contributed by atoms with E-state index in [1.807, 2.05) is 24.3 Å². The SMILES string of the molecule is Nc1cccc(C2(c3ccc(Cl)s3)COC2)c1. The fraction of sp³-hybridized carbons (Fsp3) is 0.231. The maximum atomic E-state index is 6.02. The van der Waals surface area contributed by atoms with Crippen LogP contribution in [0, 0.1) is 0 Å². The van der Waals surface area contributed by atoms with Crippen LogP contribution in [0.5, 0.6) is 0 Å². The number of anilines is 1. The molecule has 3 rings (SSSR count). The van der Waals surface area contributed by atoms with E-state index in [1.54, 1.807) is 11.3 Å². The molecule has 1 saturated heterocycles. The van der Waals surface area contributed by atoms with E-state index in [-0.39, 0.29) is 5.41 Å². The van der Waals surface area contributed by atoms with E-state index < -0.39 is 0 Å². The molecule has 0 unspecified atom stereocenters. The summed E-state index contributed by atoms with van der Waals surface area (Å²) >= 11 is 7.64. The van der Waals surface area contributed by atoms with Gasteiger partial charge in [-0.05, 0) is 29.8 Å². The molecule has 1 aliphatic rings. The first-order valence-corrected chi connectivity index (χ1v) is 6.60. The first-order valence-electron chi connectivity index (χ1n) is 5.40. The molecule has 0 aliphatic carbocycles. The number of rotatable bonds is 2. The maximum Gasteiger partial charge on any atom is 0.0931 e. The highest BCUT2D eigenvalue weighted by Gasteiger charge is 2.43. The van der Waals surface area contributed by atoms with E-state index >= 15 is 0 Å². The first-order chi connectivity index (χ1) is 8.21. The predicted molar refractivity (Wildman–Crippen MR) is 71.8 cm³/mol. The van der Waals surface area contributed by atoms with E-state index in [0.717, 1.165) is 10.0 Å². The van der Waals surface area contributed by atoms with Gasteiger partial charge in [0.2, 0.25) is 0 Å².